The highest BCUT2D eigenvalue weighted by atomic mass is 32.2. The lowest BCUT2D eigenvalue weighted by Crippen LogP contribution is -2.36. The number of amides is 1. The van der Waals surface area contributed by atoms with Gasteiger partial charge in [0.15, 0.2) is 6.29 Å². The molecule has 204 valence electrons. The van der Waals surface area contributed by atoms with Gasteiger partial charge in [0.2, 0.25) is 5.88 Å². The average molecular weight is 567 g/mol. The van der Waals surface area contributed by atoms with Crippen molar-refractivity contribution in [2.45, 2.75) is 26.8 Å². The molecule has 4 aromatic rings. The number of ether oxygens (including phenoxy) is 1. The second kappa shape index (κ2) is 11.4. The van der Waals surface area contributed by atoms with E-state index < -0.39 is 15.3 Å². The van der Waals surface area contributed by atoms with E-state index in [-0.39, 0.29) is 5.88 Å². The van der Waals surface area contributed by atoms with E-state index in [1.165, 1.54) is 25.5 Å². The van der Waals surface area contributed by atoms with Crippen LogP contribution >= 0.6 is 11.3 Å². The molecule has 2 aromatic carbocycles. The van der Waals surface area contributed by atoms with Gasteiger partial charge in [-0.3, -0.25) is 13.9 Å². The van der Waals surface area contributed by atoms with Crippen LogP contribution in [-0.4, -0.2) is 43.7 Å². The largest absolute Gasteiger partial charge is 0.479 e. The number of sulfonamides is 1. The van der Waals surface area contributed by atoms with E-state index in [1.54, 1.807) is 4.57 Å². The molecule has 2 N–H and O–H groups in total. The Bertz CT molecular complexity index is 1590. The van der Waals surface area contributed by atoms with Gasteiger partial charge in [0.25, 0.3) is 0 Å². The molecule has 39 heavy (non-hydrogen) atoms. The zero-order chi connectivity index (χ0) is 28.3. The fraction of sp³-hybridized carbons (Fsp3) is 0.250. The van der Waals surface area contributed by atoms with Crippen molar-refractivity contribution in [2.75, 3.05) is 18.5 Å². The van der Waals surface area contributed by atoms with Gasteiger partial charge in [-0.15, -0.1) is 11.3 Å². The third kappa shape index (κ3) is 5.74. The Morgan fingerprint density at radius 3 is 2.36 bits per heavy atom. The number of nitrogens with zero attached hydrogens (tertiary/aromatic N) is 3. The minimum atomic E-state index is -4.34. The van der Waals surface area contributed by atoms with E-state index in [9.17, 15) is 18.0 Å². The number of carbonyl (C=O) groups is 2. The Morgan fingerprint density at radius 2 is 1.79 bits per heavy atom. The normalized spacial score (nSPS) is 11.5. The number of rotatable bonds is 10. The Hall–Kier alpha value is -3.96. The number of benzene rings is 2. The summed E-state index contributed by atoms with van der Waals surface area (Å²) in [6, 6.07) is 19.1. The van der Waals surface area contributed by atoms with Gasteiger partial charge in [0.05, 0.1) is 7.11 Å². The SMILES string of the molecule is COc1nc(-c2ccccc2)n(Cc2ccc(-c3cc(CC(C)C)sc3N(C)S(=O)(=O)C(N)=O)cc2)c1C=O. The first-order chi connectivity index (χ1) is 18.6. The summed E-state index contributed by atoms with van der Waals surface area (Å²) in [5, 5.41) is -0.979. The van der Waals surface area contributed by atoms with E-state index in [0.29, 0.717) is 34.5 Å². The van der Waals surface area contributed by atoms with Gasteiger partial charge >= 0.3 is 15.3 Å². The highest BCUT2D eigenvalue weighted by Gasteiger charge is 2.29. The van der Waals surface area contributed by atoms with Gasteiger partial charge < -0.3 is 15.0 Å². The predicted octanol–water partition coefficient (Wildman–Crippen LogP) is 5.19. The Kier molecular flexibility index (Phi) is 8.22. The van der Waals surface area contributed by atoms with Crippen LogP contribution in [0.15, 0.2) is 60.7 Å². The Morgan fingerprint density at radius 1 is 1.13 bits per heavy atom. The number of primary amides is 1. The summed E-state index contributed by atoms with van der Waals surface area (Å²) in [5.74, 6) is 1.22. The molecule has 1 amide bonds. The summed E-state index contributed by atoms with van der Waals surface area (Å²) in [5.41, 5.74) is 8.72. The summed E-state index contributed by atoms with van der Waals surface area (Å²) >= 11 is 1.33. The number of nitrogens with two attached hydrogens (primary N) is 1. The first-order valence-corrected chi connectivity index (χ1v) is 14.5. The van der Waals surface area contributed by atoms with Crippen LogP contribution in [-0.2, 0) is 23.0 Å². The van der Waals surface area contributed by atoms with Crippen LogP contribution in [0.25, 0.3) is 22.5 Å². The molecule has 0 aliphatic rings. The van der Waals surface area contributed by atoms with Crippen LogP contribution in [0.1, 0.15) is 34.8 Å². The molecule has 0 spiro atoms. The molecular formula is C28H30N4O5S2. The number of aldehydes is 1. The summed E-state index contributed by atoms with van der Waals surface area (Å²) in [6.45, 7) is 4.53. The average Bonchev–Trinajstić information content (AvgIpc) is 3.49. The van der Waals surface area contributed by atoms with Crippen molar-refractivity contribution in [3.63, 3.8) is 0 Å². The molecule has 0 aliphatic carbocycles. The summed E-state index contributed by atoms with van der Waals surface area (Å²) < 4.78 is 33.2. The van der Waals surface area contributed by atoms with E-state index in [1.807, 2.05) is 60.7 Å². The molecule has 0 atom stereocenters. The lowest BCUT2D eigenvalue weighted by atomic mass is 10.0. The minimum absolute atomic E-state index is 0.250. The van der Waals surface area contributed by atoms with Crippen LogP contribution < -0.4 is 14.8 Å². The molecule has 11 heteroatoms. The molecule has 0 saturated carbocycles. The summed E-state index contributed by atoms with van der Waals surface area (Å²) in [4.78, 5) is 29.1. The van der Waals surface area contributed by atoms with Crippen LogP contribution in [0.2, 0.25) is 0 Å². The second-order valence-corrected chi connectivity index (χ2v) is 12.4. The molecular weight excluding hydrogens is 536 g/mol. The van der Waals surface area contributed by atoms with Crippen molar-refractivity contribution in [3.8, 4) is 28.4 Å². The van der Waals surface area contributed by atoms with E-state index in [2.05, 4.69) is 18.8 Å². The quantitative estimate of drug-likeness (QED) is 0.263. The van der Waals surface area contributed by atoms with Crippen molar-refractivity contribution in [2.24, 2.45) is 11.7 Å². The Balaban J connectivity index is 1.73. The predicted molar refractivity (Wildman–Crippen MR) is 154 cm³/mol. The Labute approximate surface area is 231 Å². The first kappa shape index (κ1) is 28.1. The number of anilines is 1. The summed E-state index contributed by atoms with van der Waals surface area (Å²) in [6.07, 6.45) is 1.49. The second-order valence-electron chi connectivity index (χ2n) is 9.42. The number of aromatic nitrogens is 2. The monoisotopic (exact) mass is 566 g/mol. The van der Waals surface area contributed by atoms with E-state index in [0.717, 1.165) is 38.6 Å². The topological polar surface area (TPSA) is 125 Å². The smallest absolute Gasteiger partial charge is 0.354 e. The van der Waals surface area contributed by atoms with Crippen LogP contribution in [0.4, 0.5) is 9.80 Å². The molecule has 0 unspecified atom stereocenters. The lowest BCUT2D eigenvalue weighted by Gasteiger charge is -2.17. The van der Waals surface area contributed by atoms with Crippen molar-refractivity contribution in [3.05, 3.63) is 76.8 Å². The molecule has 2 heterocycles. The van der Waals surface area contributed by atoms with Gasteiger partial charge in [-0.05, 0) is 29.5 Å². The zero-order valence-corrected chi connectivity index (χ0v) is 23.8. The van der Waals surface area contributed by atoms with Crippen molar-refractivity contribution >= 4 is 37.9 Å². The van der Waals surface area contributed by atoms with Crippen LogP contribution in [0.3, 0.4) is 0 Å². The molecule has 0 saturated heterocycles. The molecule has 2 aromatic heterocycles. The maximum absolute atomic E-state index is 12.5. The first-order valence-electron chi connectivity index (χ1n) is 12.2. The third-order valence-corrected chi connectivity index (χ3v) is 8.95. The van der Waals surface area contributed by atoms with E-state index in [4.69, 9.17) is 10.5 Å². The highest BCUT2D eigenvalue weighted by molar-refractivity contribution is 8.07. The van der Waals surface area contributed by atoms with E-state index >= 15 is 0 Å². The number of imidazole rings is 1. The van der Waals surface area contributed by atoms with Gasteiger partial charge in [-0.1, -0.05) is 68.4 Å². The number of thiophene rings is 1. The van der Waals surface area contributed by atoms with Crippen molar-refractivity contribution < 1.29 is 22.7 Å². The molecule has 0 radical (unpaired) electrons. The van der Waals surface area contributed by atoms with Gasteiger partial charge in [-0.2, -0.15) is 13.4 Å². The molecule has 0 bridgehead atoms. The maximum Gasteiger partial charge on any atom is 0.354 e. The molecule has 4 rings (SSSR count). The number of hydrogen-bond donors (Lipinski definition) is 1. The van der Waals surface area contributed by atoms with Crippen LogP contribution in [0.5, 0.6) is 5.88 Å². The number of hydrogen-bond acceptors (Lipinski definition) is 7. The molecule has 0 aliphatic heterocycles. The number of methoxy groups -OCH3 is 1. The fourth-order valence-corrected chi connectivity index (χ4v) is 6.52. The number of carbonyl (C=O) groups excluding carboxylic acids is 2. The fourth-order valence-electron chi connectivity index (χ4n) is 4.27. The van der Waals surface area contributed by atoms with Gasteiger partial charge in [0, 0.05) is 29.6 Å². The molecule has 9 nitrogen and oxygen atoms in total. The highest BCUT2D eigenvalue weighted by Crippen LogP contribution is 2.41. The lowest BCUT2D eigenvalue weighted by molar-refractivity contribution is 0.111. The van der Waals surface area contributed by atoms with Gasteiger partial charge in [0.1, 0.15) is 16.5 Å². The maximum atomic E-state index is 12.5. The third-order valence-electron chi connectivity index (χ3n) is 6.19. The zero-order valence-electron chi connectivity index (χ0n) is 22.1. The minimum Gasteiger partial charge on any atom is -0.479 e. The standard InChI is InChI=1S/C28H30N4O5S2/c1-18(2)14-22-15-23(27(38-22)31(3)39(35,36)28(29)34)20-12-10-19(11-13-20)16-32-24(17-33)26(37-4)30-25(32)21-8-6-5-7-9-21/h5-13,15,17-18H,14,16H2,1-4H3,(H2,29,34). The molecule has 0 fully saturated rings. The summed E-state index contributed by atoms with van der Waals surface area (Å²) in [7, 11) is -1.52. The van der Waals surface area contributed by atoms with Gasteiger partial charge in [-0.25, -0.2) is 0 Å². The van der Waals surface area contributed by atoms with Crippen molar-refractivity contribution in [1.82, 2.24) is 9.55 Å². The van der Waals surface area contributed by atoms with Crippen molar-refractivity contribution in [1.29, 1.82) is 0 Å². The van der Waals surface area contributed by atoms with Crippen LogP contribution in [0, 0.1) is 5.92 Å².